The summed E-state index contributed by atoms with van der Waals surface area (Å²) in [5.74, 6) is -4.50. The Kier molecular flexibility index (Phi) is 7.70. The highest BCUT2D eigenvalue weighted by Crippen LogP contribution is 2.15. The van der Waals surface area contributed by atoms with Crippen LogP contribution < -0.4 is 10.6 Å². The van der Waals surface area contributed by atoms with Gasteiger partial charge in [0.05, 0.1) is 0 Å². The molecule has 0 spiro atoms. The van der Waals surface area contributed by atoms with Gasteiger partial charge >= 0.3 is 0 Å². The van der Waals surface area contributed by atoms with Crippen molar-refractivity contribution in [2.24, 2.45) is 0 Å². The van der Waals surface area contributed by atoms with Crippen LogP contribution in [0.25, 0.3) is 11.5 Å². The van der Waals surface area contributed by atoms with Crippen molar-refractivity contribution in [1.82, 2.24) is 0 Å². The van der Waals surface area contributed by atoms with Crippen LogP contribution in [0.5, 0.6) is 0 Å². The summed E-state index contributed by atoms with van der Waals surface area (Å²) < 4.78 is 0. The van der Waals surface area contributed by atoms with Gasteiger partial charge in [-0.25, -0.2) is 0 Å². The lowest BCUT2D eigenvalue weighted by Gasteiger charge is -2.06. The lowest BCUT2D eigenvalue weighted by atomic mass is 10.1. The van der Waals surface area contributed by atoms with Gasteiger partial charge in [0, 0.05) is 34.7 Å². The molecule has 4 N–H and O–H groups in total. The number of ketones is 2. The molecule has 0 aliphatic carbocycles. The average molecular weight is 456 g/mol. The van der Waals surface area contributed by atoms with Crippen molar-refractivity contribution in [2.45, 2.75) is 0 Å². The smallest absolute Gasteiger partial charge is 0.296 e. The van der Waals surface area contributed by atoms with Gasteiger partial charge in [0.15, 0.2) is 0 Å². The van der Waals surface area contributed by atoms with E-state index in [1.165, 1.54) is 24.3 Å². The summed E-state index contributed by atoms with van der Waals surface area (Å²) in [5.41, 5.74) is 1.31. The fraction of sp³-hybridized carbons (Fsp3) is 0. The minimum Gasteiger partial charge on any atom is -0.507 e. The summed E-state index contributed by atoms with van der Waals surface area (Å²) in [6.07, 6.45) is 1.65. The Balaban J connectivity index is 1.57. The molecule has 8 heteroatoms. The Hall–Kier alpha value is -4.98. The van der Waals surface area contributed by atoms with Crippen LogP contribution in [0.3, 0.4) is 0 Å². The van der Waals surface area contributed by atoms with E-state index in [0.29, 0.717) is 11.1 Å². The first-order valence-corrected chi connectivity index (χ1v) is 10.1. The molecule has 0 radical (unpaired) electrons. The van der Waals surface area contributed by atoms with Crippen molar-refractivity contribution in [3.05, 3.63) is 108 Å². The van der Waals surface area contributed by atoms with E-state index in [0.717, 1.165) is 12.2 Å². The van der Waals surface area contributed by atoms with Crippen LogP contribution in [0, 0.1) is 0 Å². The van der Waals surface area contributed by atoms with Crippen LogP contribution in [0.1, 0.15) is 11.1 Å². The number of aliphatic hydroxyl groups excluding tert-OH is 2. The Morgan fingerprint density at radius 3 is 1.18 bits per heavy atom. The van der Waals surface area contributed by atoms with E-state index in [1.54, 1.807) is 60.7 Å². The molecule has 34 heavy (non-hydrogen) atoms. The highest BCUT2D eigenvalue weighted by atomic mass is 16.3. The summed E-state index contributed by atoms with van der Waals surface area (Å²) in [6.45, 7) is 0. The van der Waals surface area contributed by atoms with E-state index < -0.39 is 23.4 Å². The number of benzene rings is 3. The van der Waals surface area contributed by atoms with Crippen LogP contribution >= 0.6 is 0 Å². The molecule has 0 saturated heterocycles. The second kappa shape index (κ2) is 11.1. The molecule has 0 aliphatic rings. The molecule has 0 aliphatic heterocycles. The van der Waals surface area contributed by atoms with Crippen LogP contribution in [0.4, 0.5) is 11.4 Å². The number of aliphatic hydroxyl groups is 2. The van der Waals surface area contributed by atoms with Gasteiger partial charge in [0.2, 0.25) is 11.6 Å². The second-order valence-corrected chi connectivity index (χ2v) is 7.01. The van der Waals surface area contributed by atoms with Crippen molar-refractivity contribution in [1.29, 1.82) is 0 Å². The molecular formula is C26H20N2O6. The number of rotatable bonds is 8. The maximum atomic E-state index is 12.1. The van der Waals surface area contributed by atoms with Crippen molar-refractivity contribution in [3.63, 3.8) is 0 Å². The monoisotopic (exact) mass is 456 g/mol. The summed E-state index contributed by atoms with van der Waals surface area (Å²) in [7, 11) is 0. The van der Waals surface area contributed by atoms with Crippen molar-refractivity contribution in [2.75, 3.05) is 10.6 Å². The molecule has 0 saturated carbocycles. The van der Waals surface area contributed by atoms with E-state index in [-0.39, 0.29) is 22.9 Å². The number of hydrogen-bond donors (Lipinski definition) is 4. The van der Waals surface area contributed by atoms with Gasteiger partial charge in [-0.05, 0) is 24.3 Å². The van der Waals surface area contributed by atoms with Gasteiger partial charge in [0.25, 0.3) is 11.8 Å². The Morgan fingerprint density at radius 2 is 0.853 bits per heavy atom. The number of hydrogen-bond acceptors (Lipinski definition) is 6. The minimum absolute atomic E-state index is 0.261. The first kappa shape index (κ1) is 23.7. The zero-order chi connectivity index (χ0) is 24.5. The number of carbonyl (C=O) groups excluding carboxylic acids is 4. The Morgan fingerprint density at radius 1 is 0.529 bits per heavy atom. The molecule has 2 amide bonds. The number of anilines is 2. The molecule has 0 heterocycles. The second-order valence-electron chi connectivity index (χ2n) is 7.01. The number of amides is 2. The molecule has 0 bridgehead atoms. The molecule has 3 aromatic rings. The first-order valence-electron chi connectivity index (χ1n) is 10.1. The molecule has 3 aromatic carbocycles. The highest BCUT2D eigenvalue weighted by molar-refractivity contribution is 6.46. The SMILES string of the molecule is O=C(C=C(O)c1ccccc1)C(=O)Nc1ccc(NC(=O)C(=O)C=C(O)c2ccccc2)cc1. The fourth-order valence-electron chi connectivity index (χ4n) is 2.79. The molecule has 170 valence electrons. The van der Waals surface area contributed by atoms with Crippen LogP contribution in [0.15, 0.2) is 97.1 Å². The molecular weight excluding hydrogens is 436 g/mol. The third-order valence-electron chi connectivity index (χ3n) is 4.52. The highest BCUT2D eigenvalue weighted by Gasteiger charge is 2.15. The van der Waals surface area contributed by atoms with Crippen molar-refractivity contribution >= 4 is 46.3 Å². The van der Waals surface area contributed by atoms with Crippen LogP contribution in [0.2, 0.25) is 0 Å². The maximum Gasteiger partial charge on any atom is 0.296 e. The standard InChI is InChI=1S/C26H20N2O6/c29-21(17-7-3-1-4-8-17)15-23(31)25(33)27-19-11-13-20(14-12-19)28-26(34)24(32)16-22(30)18-9-5-2-6-10-18/h1-16,29-30H,(H,27,33)(H,28,34). The topological polar surface area (TPSA) is 133 Å². The van der Waals surface area contributed by atoms with Crippen LogP contribution in [-0.4, -0.2) is 33.6 Å². The van der Waals surface area contributed by atoms with Gasteiger partial charge in [-0.15, -0.1) is 0 Å². The van der Waals surface area contributed by atoms with Crippen molar-refractivity contribution < 1.29 is 29.4 Å². The summed E-state index contributed by atoms with van der Waals surface area (Å²) in [6, 6.07) is 22.3. The van der Waals surface area contributed by atoms with Gasteiger partial charge in [0.1, 0.15) is 11.5 Å². The number of nitrogens with one attached hydrogen (secondary N) is 2. The number of carbonyl (C=O) groups is 4. The predicted molar refractivity (Wildman–Crippen MR) is 128 cm³/mol. The zero-order valence-electron chi connectivity index (χ0n) is 17.8. The minimum atomic E-state index is -0.962. The molecule has 0 fully saturated rings. The largest absolute Gasteiger partial charge is 0.507 e. The van der Waals surface area contributed by atoms with E-state index in [4.69, 9.17) is 0 Å². The maximum absolute atomic E-state index is 12.1. The molecule has 0 atom stereocenters. The third kappa shape index (κ3) is 6.51. The van der Waals surface area contributed by atoms with E-state index in [1.807, 2.05) is 0 Å². The summed E-state index contributed by atoms with van der Waals surface area (Å²) in [5, 5.41) is 24.7. The van der Waals surface area contributed by atoms with Gasteiger partial charge in [-0.2, -0.15) is 0 Å². The summed E-state index contributed by atoms with van der Waals surface area (Å²) >= 11 is 0. The molecule has 0 aromatic heterocycles. The van der Waals surface area contributed by atoms with E-state index in [9.17, 15) is 29.4 Å². The van der Waals surface area contributed by atoms with Crippen LogP contribution in [-0.2, 0) is 19.2 Å². The fourth-order valence-corrected chi connectivity index (χ4v) is 2.79. The summed E-state index contributed by atoms with van der Waals surface area (Å²) in [4.78, 5) is 48.3. The zero-order valence-corrected chi connectivity index (χ0v) is 17.8. The third-order valence-corrected chi connectivity index (χ3v) is 4.52. The average Bonchev–Trinajstić information content (AvgIpc) is 2.86. The van der Waals surface area contributed by atoms with Crippen molar-refractivity contribution in [3.8, 4) is 0 Å². The Labute approximate surface area is 194 Å². The molecule has 3 rings (SSSR count). The molecule has 8 nitrogen and oxygen atoms in total. The van der Waals surface area contributed by atoms with E-state index in [2.05, 4.69) is 10.6 Å². The lowest BCUT2D eigenvalue weighted by molar-refractivity contribution is -0.132. The quantitative estimate of drug-likeness (QED) is 0.231. The van der Waals surface area contributed by atoms with E-state index >= 15 is 0 Å². The van der Waals surface area contributed by atoms with Gasteiger partial charge < -0.3 is 20.8 Å². The molecule has 0 unspecified atom stereocenters. The van der Waals surface area contributed by atoms with Gasteiger partial charge in [-0.1, -0.05) is 60.7 Å². The van der Waals surface area contributed by atoms with Gasteiger partial charge in [-0.3, -0.25) is 19.2 Å². The first-order chi connectivity index (χ1) is 16.3. The Bertz CT molecular complexity index is 1160. The lowest BCUT2D eigenvalue weighted by Crippen LogP contribution is -2.22. The normalized spacial score (nSPS) is 11.4. The predicted octanol–water partition coefficient (Wildman–Crippen LogP) is 3.90.